The van der Waals surface area contributed by atoms with Gasteiger partial charge in [0.25, 0.3) is 0 Å². The molecule has 1 rings (SSSR count). The minimum Gasteiger partial charge on any atom is -0.465 e. The van der Waals surface area contributed by atoms with Gasteiger partial charge in [0.05, 0.1) is 18.4 Å². The van der Waals surface area contributed by atoms with Crippen LogP contribution in [0.3, 0.4) is 0 Å². The summed E-state index contributed by atoms with van der Waals surface area (Å²) in [5.41, 5.74) is 8.94. The van der Waals surface area contributed by atoms with E-state index < -0.39 is 11.4 Å². The molecule has 0 unspecified atom stereocenters. The molecule has 0 fully saturated rings. The van der Waals surface area contributed by atoms with Crippen LogP contribution in [0.1, 0.15) is 36.7 Å². The predicted molar refractivity (Wildman–Crippen MR) is 84.0 cm³/mol. The van der Waals surface area contributed by atoms with E-state index >= 15 is 0 Å². The van der Waals surface area contributed by atoms with Crippen LogP contribution in [-0.2, 0) is 9.53 Å². The van der Waals surface area contributed by atoms with Crippen molar-refractivity contribution in [3.05, 3.63) is 46.3 Å². The van der Waals surface area contributed by atoms with Crippen molar-refractivity contribution in [3.63, 3.8) is 0 Å². The number of methoxy groups -OCH3 is 1. The van der Waals surface area contributed by atoms with Crippen molar-refractivity contribution in [2.24, 2.45) is 10.5 Å². The quantitative estimate of drug-likeness (QED) is 0.396. The van der Waals surface area contributed by atoms with E-state index in [0.717, 1.165) is 0 Å². The Labute approximate surface area is 128 Å². The molecule has 22 heavy (non-hydrogen) atoms. The van der Waals surface area contributed by atoms with Crippen molar-refractivity contribution < 1.29 is 14.3 Å². The molecule has 0 aliphatic heterocycles. The average molecular weight is 302 g/mol. The van der Waals surface area contributed by atoms with Crippen LogP contribution in [0.2, 0.25) is 0 Å². The van der Waals surface area contributed by atoms with Crippen LogP contribution in [0, 0.1) is 5.41 Å². The molecule has 0 saturated carbocycles. The zero-order valence-electron chi connectivity index (χ0n) is 13.0. The zero-order chi connectivity index (χ0) is 16.9. The van der Waals surface area contributed by atoms with E-state index in [0.29, 0.717) is 11.3 Å². The first kappa shape index (κ1) is 17.3. The second-order valence-corrected chi connectivity index (χ2v) is 5.59. The van der Waals surface area contributed by atoms with Gasteiger partial charge in [0.2, 0.25) is 5.91 Å². The maximum absolute atomic E-state index is 12.1. The van der Waals surface area contributed by atoms with Crippen LogP contribution < -0.4 is 5.32 Å². The Morgan fingerprint density at radius 2 is 2.00 bits per heavy atom. The summed E-state index contributed by atoms with van der Waals surface area (Å²) in [6, 6.07) is 4.60. The zero-order valence-corrected chi connectivity index (χ0v) is 13.0. The lowest BCUT2D eigenvalue weighted by molar-refractivity contribution is -0.123. The fourth-order valence-electron chi connectivity index (χ4n) is 1.53. The van der Waals surface area contributed by atoms with Gasteiger partial charge in [-0.3, -0.25) is 4.79 Å². The van der Waals surface area contributed by atoms with E-state index in [2.05, 4.69) is 21.9 Å². The van der Waals surface area contributed by atoms with Crippen molar-refractivity contribution in [2.75, 3.05) is 12.4 Å². The number of esters is 1. The minimum absolute atomic E-state index is 0.159. The van der Waals surface area contributed by atoms with Gasteiger partial charge in [0.15, 0.2) is 0 Å². The second kappa shape index (κ2) is 6.78. The Morgan fingerprint density at radius 3 is 2.50 bits per heavy atom. The van der Waals surface area contributed by atoms with Crippen LogP contribution in [0.15, 0.2) is 29.9 Å². The maximum Gasteiger partial charge on any atom is 0.339 e. The van der Waals surface area contributed by atoms with Gasteiger partial charge < -0.3 is 10.1 Å². The number of rotatable bonds is 4. The smallest absolute Gasteiger partial charge is 0.339 e. The van der Waals surface area contributed by atoms with Crippen LogP contribution >= 0.6 is 0 Å². The van der Waals surface area contributed by atoms with E-state index in [1.54, 1.807) is 32.9 Å². The molecular formula is C15H18N4O3. The molecule has 1 amide bonds. The maximum atomic E-state index is 12.1. The van der Waals surface area contributed by atoms with E-state index in [4.69, 9.17) is 10.3 Å². The summed E-state index contributed by atoms with van der Waals surface area (Å²) >= 11 is 0. The highest BCUT2D eigenvalue weighted by atomic mass is 16.5. The number of anilines is 1. The Kier molecular flexibility index (Phi) is 5.32. The molecule has 0 saturated heterocycles. The van der Waals surface area contributed by atoms with Crippen LogP contribution in [-0.4, -0.2) is 19.0 Å². The lowest BCUT2D eigenvalue weighted by Crippen LogP contribution is -2.28. The highest BCUT2D eigenvalue weighted by Gasteiger charge is 2.23. The summed E-state index contributed by atoms with van der Waals surface area (Å²) in [5.74, 6) is -0.848. The first-order valence-electron chi connectivity index (χ1n) is 6.49. The summed E-state index contributed by atoms with van der Waals surface area (Å²) in [7, 11) is 1.24. The van der Waals surface area contributed by atoms with Crippen molar-refractivity contribution >= 4 is 23.3 Å². The fraction of sp³-hybridized carbons (Fsp3) is 0.333. The first-order chi connectivity index (χ1) is 10.2. The van der Waals surface area contributed by atoms with E-state index in [1.807, 2.05) is 0 Å². The predicted octanol–water partition coefficient (Wildman–Crippen LogP) is 3.74. The minimum atomic E-state index is -0.611. The topological polar surface area (TPSA) is 104 Å². The summed E-state index contributed by atoms with van der Waals surface area (Å²) < 4.78 is 4.72. The summed E-state index contributed by atoms with van der Waals surface area (Å²) in [4.78, 5) is 26.6. The molecule has 0 heterocycles. The molecule has 0 bridgehead atoms. The summed E-state index contributed by atoms with van der Waals surface area (Å²) in [6.07, 6.45) is 0. The largest absolute Gasteiger partial charge is 0.465 e. The molecule has 1 aromatic rings. The molecule has 116 valence electrons. The number of hydrogen-bond acceptors (Lipinski definition) is 4. The highest BCUT2D eigenvalue weighted by molar-refractivity contribution is 6.03. The Balaban J connectivity index is 3.28. The molecule has 7 heteroatoms. The molecule has 1 N–H and O–H groups in total. The number of benzene rings is 1. The van der Waals surface area contributed by atoms with Crippen molar-refractivity contribution in [1.82, 2.24) is 0 Å². The van der Waals surface area contributed by atoms with Crippen molar-refractivity contribution in [3.8, 4) is 0 Å². The summed E-state index contributed by atoms with van der Waals surface area (Å²) in [5, 5.41) is 6.09. The number of nitrogens with one attached hydrogen (secondary N) is 1. The Morgan fingerprint density at radius 1 is 1.36 bits per heavy atom. The molecule has 0 radical (unpaired) electrons. The van der Waals surface area contributed by atoms with E-state index in [9.17, 15) is 9.59 Å². The van der Waals surface area contributed by atoms with Gasteiger partial charge in [-0.1, -0.05) is 38.5 Å². The number of carbonyl (C=O) groups is 2. The fourth-order valence-corrected chi connectivity index (χ4v) is 1.53. The van der Waals surface area contributed by atoms with Crippen LogP contribution in [0.25, 0.3) is 16.1 Å². The van der Waals surface area contributed by atoms with Crippen LogP contribution in [0.4, 0.5) is 5.69 Å². The molecule has 0 aliphatic rings. The van der Waals surface area contributed by atoms with Gasteiger partial charge in [0.1, 0.15) is 0 Å². The molecule has 0 aromatic heterocycles. The molecule has 0 spiro atoms. The van der Waals surface area contributed by atoms with Gasteiger partial charge in [-0.05, 0) is 23.2 Å². The standard InChI is InChI=1S/C15H18N4O3/c1-9(18-19-16)10-6-7-12(11(8-10)13(20)22-5)17-14(21)15(2,3)4/h6-8H,1H2,2-5H3,(H,17,21). The molecule has 0 atom stereocenters. The number of ether oxygens (including phenoxy) is 1. The van der Waals surface area contributed by atoms with Crippen molar-refractivity contribution in [2.45, 2.75) is 20.8 Å². The summed E-state index contributed by atoms with van der Waals surface area (Å²) in [6.45, 7) is 8.90. The van der Waals surface area contributed by atoms with Gasteiger partial charge >= 0.3 is 5.97 Å². The Hall–Kier alpha value is -2.79. The van der Waals surface area contributed by atoms with Crippen molar-refractivity contribution in [1.29, 1.82) is 0 Å². The lowest BCUT2D eigenvalue weighted by atomic mass is 9.95. The van der Waals surface area contributed by atoms with Gasteiger partial charge in [0, 0.05) is 16.0 Å². The third kappa shape index (κ3) is 4.10. The van der Waals surface area contributed by atoms with Gasteiger partial charge in [-0.25, -0.2) is 4.79 Å². The van der Waals surface area contributed by atoms with E-state index in [-0.39, 0.29) is 17.2 Å². The number of hydrogen-bond donors (Lipinski definition) is 1. The lowest BCUT2D eigenvalue weighted by Gasteiger charge is -2.19. The number of carbonyl (C=O) groups excluding carboxylic acids is 2. The second-order valence-electron chi connectivity index (χ2n) is 5.59. The number of nitrogens with zero attached hydrogens (tertiary/aromatic N) is 3. The normalized spacial score (nSPS) is 10.4. The molecule has 1 aromatic carbocycles. The van der Waals surface area contributed by atoms with Gasteiger partial charge in [-0.15, -0.1) is 0 Å². The highest BCUT2D eigenvalue weighted by Crippen LogP contribution is 2.25. The average Bonchev–Trinajstić information content (AvgIpc) is 2.46. The number of amides is 1. The number of azide groups is 1. The first-order valence-corrected chi connectivity index (χ1v) is 6.49. The third-order valence-corrected chi connectivity index (χ3v) is 2.85. The molecular weight excluding hydrogens is 284 g/mol. The SMILES string of the molecule is C=C(N=[N+]=[N-])c1ccc(NC(=O)C(C)(C)C)c(C(=O)OC)c1. The van der Waals surface area contributed by atoms with Crippen LogP contribution in [0.5, 0.6) is 0 Å². The molecule has 7 nitrogen and oxygen atoms in total. The van der Waals surface area contributed by atoms with E-state index in [1.165, 1.54) is 13.2 Å². The molecule has 0 aliphatic carbocycles. The Bertz CT molecular complexity index is 668. The monoisotopic (exact) mass is 302 g/mol. The third-order valence-electron chi connectivity index (χ3n) is 2.85. The van der Waals surface area contributed by atoms with Gasteiger partial charge in [-0.2, -0.15) is 0 Å².